The number of hydrogen-bond donors (Lipinski definition) is 2. The van der Waals surface area contributed by atoms with E-state index in [2.05, 4.69) is 10.6 Å². The fourth-order valence-corrected chi connectivity index (χ4v) is 4.34. The predicted octanol–water partition coefficient (Wildman–Crippen LogP) is 3.82. The number of urea groups is 1. The molecular formula is C27H32N4O4. The van der Waals surface area contributed by atoms with E-state index in [4.69, 9.17) is 4.74 Å². The van der Waals surface area contributed by atoms with Crippen molar-refractivity contribution in [2.24, 2.45) is 5.92 Å². The molecule has 8 nitrogen and oxygen atoms in total. The van der Waals surface area contributed by atoms with Gasteiger partial charge in [-0.3, -0.25) is 14.5 Å². The first-order chi connectivity index (χ1) is 16.9. The average molecular weight is 477 g/mol. The lowest BCUT2D eigenvalue weighted by atomic mass is 9.95. The molecule has 184 valence electrons. The first-order valence-corrected chi connectivity index (χ1v) is 12.1. The van der Waals surface area contributed by atoms with Crippen molar-refractivity contribution in [3.63, 3.8) is 0 Å². The van der Waals surface area contributed by atoms with E-state index in [1.807, 2.05) is 75.4 Å². The molecule has 8 heteroatoms. The second kappa shape index (κ2) is 10.6. The molecule has 4 amide bonds. The predicted molar refractivity (Wildman–Crippen MR) is 133 cm³/mol. The average Bonchev–Trinajstić information content (AvgIpc) is 3.17. The number of carbonyl (C=O) groups is 3. The molecule has 0 aliphatic carbocycles. The van der Waals surface area contributed by atoms with E-state index in [9.17, 15) is 14.4 Å². The Balaban J connectivity index is 1.55. The number of hydrogen-bond acceptors (Lipinski definition) is 4. The third kappa shape index (κ3) is 5.48. The van der Waals surface area contributed by atoms with Gasteiger partial charge in [0.1, 0.15) is 11.5 Å². The highest BCUT2D eigenvalue weighted by Crippen LogP contribution is 2.37. The maximum atomic E-state index is 13.5. The number of likely N-dealkylation sites (N-methyl/N-ethyl adjacent to an activating group) is 1. The molecular weight excluding hydrogens is 444 g/mol. The summed E-state index contributed by atoms with van der Waals surface area (Å²) < 4.78 is 5.96. The quantitative estimate of drug-likeness (QED) is 0.576. The van der Waals surface area contributed by atoms with Crippen molar-refractivity contribution in [2.75, 3.05) is 26.2 Å². The molecule has 0 saturated carbocycles. The Bertz CT molecular complexity index is 1130. The summed E-state index contributed by atoms with van der Waals surface area (Å²) in [5.41, 5.74) is 2.01. The third-order valence-electron chi connectivity index (χ3n) is 6.10. The van der Waals surface area contributed by atoms with Crippen LogP contribution in [0.2, 0.25) is 0 Å². The van der Waals surface area contributed by atoms with Gasteiger partial charge in [0.25, 0.3) is 5.91 Å². The lowest BCUT2D eigenvalue weighted by molar-refractivity contribution is -0.127. The Kier molecular flexibility index (Phi) is 7.39. The Labute approximate surface area is 205 Å². The summed E-state index contributed by atoms with van der Waals surface area (Å²) in [5.74, 6) is 1.44. The van der Waals surface area contributed by atoms with E-state index in [1.165, 1.54) is 0 Å². The van der Waals surface area contributed by atoms with Gasteiger partial charge in [-0.15, -0.1) is 0 Å². The Morgan fingerprint density at radius 3 is 2.57 bits per heavy atom. The van der Waals surface area contributed by atoms with Crippen LogP contribution < -0.4 is 15.4 Å². The third-order valence-corrected chi connectivity index (χ3v) is 6.10. The van der Waals surface area contributed by atoms with Crippen LogP contribution in [0.25, 0.3) is 0 Å². The molecule has 0 bridgehead atoms. The van der Waals surface area contributed by atoms with Gasteiger partial charge in [-0.05, 0) is 42.7 Å². The van der Waals surface area contributed by atoms with Gasteiger partial charge >= 0.3 is 6.03 Å². The zero-order chi connectivity index (χ0) is 24.9. The van der Waals surface area contributed by atoms with E-state index in [-0.39, 0.29) is 24.3 Å². The summed E-state index contributed by atoms with van der Waals surface area (Å²) in [6.45, 7) is 7.61. The molecule has 2 aromatic rings. The van der Waals surface area contributed by atoms with Crippen LogP contribution >= 0.6 is 0 Å². The SMILES string of the molecule is CCN1C(=O)N[C@@H](c2cccc(Oc3ccccc3)c2)C2=C1CN(CCC(=O)NCC(C)C)C2=O. The number of nitrogens with zero attached hydrogens (tertiary/aromatic N) is 2. The molecule has 0 aromatic heterocycles. The van der Waals surface area contributed by atoms with Crippen molar-refractivity contribution in [3.05, 3.63) is 71.4 Å². The van der Waals surface area contributed by atoms with Crippen molar-refractivity contribution in [1.82, 2.24) is 20.4 Å². The monoisotopic (exact) mass is 476 g/mol. The Morgan fingerprint density at radius 2 is 1.86 bits per heavy atom. The van der Waals surface area contributed by atoms with E-state index in [1.54, 1.807) is 9.80 Å². The lowest BCUT2D eigenvalue weighted by Gasteiger charge is -2.33. The number of carbonyl (C=O) groups excluding carboxylic acids is 3. The van der Waals surface area contributed by atoms with Crippen LogP contribution in [0.5, 0.6) is 11.5 Å². The van der Waals surface area contributed by atoms with Gasteiger partial charge in [-0.25, -0.2) is 4.79 Å². The van der Waals surface area contributed by atoms with E-state index >= 15 is 0 Å². The molecule has 2 heterocycles. The van der Waals surface area contributed by atoms with E-state index in [0.717, 1.165) is 5.56 Å². The minimum Gasteiger partial charge on any atom is -0.457 e. The fraction of sp³-hybridized carbons (Fsp3) is 0.370. The zero-order valence-electron chi connectivity index (χ0n) is 20.4. The fourth-order valence-electron chi connectivity index (χ4n) is 4.34. The second-order valence-corrected chi connectivity index (χ2v) is 9.15. The van der Waals surface area contributed by atoms with Gasteiger partial charge in [-0.1, -0.05) is 44.2 Å². The van der Waals surface area contributed by atoms with Gasteiger partial charge in [0.05, 0.1) is 23.9 Å². The molecule has 4 rings (SSSR count). The van der Waals surface area contributed by atoms with Crippen LogP contribution in [0.4, 0.5) is 4.79 Å². The van der Waals surface area contributed by atoms with Crippen LogP contribution in [0.3, 0.4) is 0 Å². The first-order valence-electron chi connectivity index (χ1n) is 12.1. The maximum Gasteiger partial charge on any atom is 0.322 e. The smallest absolute Gasteiger partial charge is 0.322 e. The van der Waals surface area contributed by atoms with E-state index in [0.29, 0.717) is 54.9 Å². The number of nitrogens with one attached hydrogen (secondary N) is 2. The Morgan fingerprint density at radius 1 is 1.11 bits per heavy atom. The number of ether oxygens (including phenoxy) is 1. The molecule has 2 N–H and O–H groups in total. The molecule has 0 saturated heterocycles. The van der Waals surface area contributed by atoms with E-state index < -0.39 is 6.04 Å². The van der Waals surface area contributed by atoms with Crippen LogP contribution in [-0.2, 0) is 9.59 Å². The topological polar surface area (TPSA) is 91.0 Å². The summed E-state index contributed by atoms with van der Waals surface area (Å²) in [5, 5.41) is 5.88. The zero-order valence-corrected chi connectivity index (χ0v) is 20.4. The van der Waals surface area contributed by atoms with Gasteiger partial charge in [-0.2, -0.15) is 0 Å². The van der Waals surface area contributed by atoms with Crippen LogP contribution in [0.15, 0.2) is 65.9 Å². The highest BCUT2D eigenvalue weighted by molar-refractivity contribution is 6.01. The van der Waals surface area contributed by atoms with Crippen LogP contribution in [0, 0.1) is 5.92 Å². The summed E-state index contributed by atoms with van der Waals surface area (Å²) >= 11 is 0. The standard InChI is InChI=1S/C27H32N4O4/c1-4-31-22-17-30(14-13-23(32)28-16-18(2)3)26(33)24(22)25(29-27(31)34)19-9-8-12-21(15-19)35-20-10-6-5-7-11-20/h5-12,15,18,25H,4,13-14,16-17H2,1-3H3,(H,28,32)(H,29,34)/t25-/m0/s1. The summed E-state index contributed by atoms with van der Waals surface area (Å²) in [4.78, 5) is 41.9. The normalized spacial score (nSPS) is 17.5. The number of benzene rings is 2. The number of rotatable bonds is 9. The molecule has 2 aliphatic rings. The number of para-hydroxylation sites is 1. The first kappa shape index (κ1) is 24.3. The molecule has 0 fully saturated rings. The van der Waals surface area contributed by atoms with Gasteiger partial charge < -0.3 is 20.3 Å². The molecule has 35 heavy (non-hydrogen) atoms. The second-order valence-electron chi connectivity index (χ2n) is 9.15. The largest absolute Gasteiger partial charge is 0.457 e. The molecule has 0 spiro atoms. The minimum absolute atomic E-state index is 0.0831. The van der Waals surface area contributed by atoms with Crippen molar-refractivity contribution in [2.45, 2.75) is 33.2 Å². The highest BCUT2D eigenvalue weighted by atomic mass is 16.5. The van der Waals surface area contributed by atoms with Crippen molar-refractivity contribution < 1.29 is 19.1 Å². The highest BCUT2D eigenvalue weighted by Gasteiger charge is 2.43. The molecule has 0 unspecified atom stereocenters. The molecule has 0 radical (unpaired) electrons. The van der Waals surface area contributed by atoms with Gasteiger partial charge in [0.2, 0.25) is 5.91 Å². The van der Waals surface area contributed by atoms with Gasteiger partial charge in [0, 0.05) is 26.1 Å². The number of amides is 4. The van der Waals surface area contributed by atoms with Crippen LogP contribution in [-0.4, -0.2) is 53.8 Å². The molecule has 2 aromatic carbocycles. The van der Waals surface area contributed by atoms with Gasteiger partial charge in [0.15, 0.2) is 0 Å². The maximum absolute atomic E-state index is 13.5. The molecule has 2 aliphatic heterocycles. The summed E-state index contributed by atoms with van der Waals surface area (Å²) in [6, 6.07) is 16.0. The van der Waals surface area contributed by atoms with Crippen molar-refractivity contribution in [3.8, 4) is 11.5 Å². The minimum atomic E-state index is -0.591. The Hall–Kier alpha value is -3.81. The van der Waals surface area contributed by atoms with Crippen molar-refractivity contribution in [1.29, 1.82) is 0 Å². The van der Waals surface area contributed by atoms with Crippen molar-refractivity contribution >= 4 is 17.8 Å². The summed E-state index contributed by atoms with van der Waals surface area (Å²) in [6.07, 6.45) is 0.220. The van der Waals surface area contributed by atoms with Crippen LogP contribution in [0.1, 0.15) is 38.8 Å². The summed E-state index contributed by atoms with van der Waals surface area (Å²) in [7, 11) is 0. The lowest BCUT2D eigenvalue weighted by Crippen LogP contribution is -2.47. The molecule has 1 atom stereocenters.